The number of nitrogens with zero attached hydrogens (tertiary/aromatic N) is 2. The third-order valence-electron chi connectivity index (χ3n) is 2.95. The van der Waals surface area contributed by atoms with Gasteiger partial charge in [0.05, 0.1) is 10.2 Å². The second kappa shape index (κ2) is 3.89. The second-order valence-electron chi connectivity index (χ2n) is 4.18. The average molecular weight is 255 g/mol. The molecule has 2 rings (SSSR count). The van der Waals surface area contributed by atoms with Gasteiger partial charge in [0.1, 0.15) is 0 Å². The molecule has 0 aliphatic heterocycles. The Balaban J connectivity index is 2.03. The van der Waals surface area contributed by atoms with Crippen LogP contribution in [0, 0.1) is 11.8 Å². The van der Waals surface area contributed by atoms with E-state index in [-0.39, 0.29) is 0 Å². The van der Waals surface area contributed by atoms with Crippen LogP contribution < -0.4 is 4.90 Å². The summed E-state index contributed by atoms with van der Waals surface area (Å²) in [7, 11) is 2.14. The smallest absolute Gasteiger partial charge is 0.0592 e. The molecule has 1 saturated carbocycles. The van der Waals surface area contributed by atoms with Crippen molar-refractivity contribution in [2.75, 3.05) is 18.5 Å². The molecule has 76 valence electrons. The molecule has 1 aliphatic carbocycles. The van der Waals surface area contributed by atoms with Crippen LogP contribution in [0.5, 0.6) is 0 Å². The zero-order chi connectivity index (χ0) is 10.1. The van der Waals surface area contributed by atoms with Crippen molar-refractivity contribution in [3.8, 4) is 0 Å². The van der Waals surface area contributed by atoms with Crippen LogP contribution in [0.4, 0.5) is 5.69 Å². The molecule has 2 nitrogen and oxygen atoms in total. The number of aromatic nitrogens is 1. The van der Waals surface area contributed by atoms with Crippen molar-refractivity contribution >= 4 is 21.6 Å². The van der Waals surface area contributed by atoms with Crippen LogP contribution in [0.2, 0.25) is 0 Å². The van der Waals surface area contributed by atoms with E-state index in [4.69, 9.17) is 0 Å². The molecule has 0 saturated heterocycles. The van der Waals surface area contributed by atoms with Crippen molar-refractivity contribution in [1.29, 1.82) is 0 Å². The van der Waals surface area contributed by atoms with E-state index in [0.717, 1.165) is 22.9 Å². The first kappa shape index (κ1) is 9.97. The molecule has 0 amide bonds. The molecule has 0 aromatic carbocycles. The number of hydrogen-bond acceptors (Lipinski definition) is 2. The molecule has 0 spiro atoms. The number of anilines is 1. The van der Waals surface area contributed by atoms with E-state index < -0.39 is 0 Å². The molecule has 1 aromatic rings. The summed E-state index contributed by atoms with van der Waals surface area (Å²) in [5.41, 5.74) is 1.24. The van der Waals surface area contributed by atoms with E-state index in [2.05, 4.69) is 45.9 Å². The molecule has 2 unspecified atom stereocenters. The second-order valence-corrected chi connectivity index (χ2v) is 5.04. The molecule has 0 radical (unpaired) electrons. The largest absolute Gasteiger partial charge is 0.373 e. The molecular formula is C11H15BrN2. The van der Waals surface area contributed by atoms with Crippen LogP contribution in [0.1, 0.15) is 13.3 Å². The van der Waals surface area contributed by atoms with E-state index in [1.165, 1.54) is 12.1 Å². The van der Waals surface area contributed by atoms with Gasteiger partial charge >= 0.3 is 0 Å². The minimum Gasteiger partial charge on any atom is -0.373 e. The van der Waals surface area contributed by atoms with Gasteiger partial charge in [-0.15, -0.1) is 0 Å². The predicted molar refractivity (Wildman–Crippen MR) is 62.5 cm³/mol. The van der Waals surface area contributed by atoms with Crippen molar-refractivity contribution in [2.45, 2.75) is 13.3 Å². The highest BCUT2D eigenvalue weighted by Gasteiger charge is 2.33. The highest BCUT2D eigenvalue weighted by molar-refractivity contribution is 9.10. The highest BCUT2D eigenvalue weighted by atomic mass is 79.9. The first-order valence-electron chi connectivity index (χ1n) is 4.99. The molecular weight excluding hydrogens is 240 g/mol. The van der Waals surface area contributed by atoms with Gasteiger partial charge in [0, 0.05) is 26.0 Å². The van der Waals surface area contributed by atoms with Gasteiger partial charge in [0.2, 0.25) is 0 Å². The van der Waals surface area contributed by atoms with Gasteiger partial charge < -0.3 is 4.90 Å². The predicted octanol–water partition coefficient (Wildman–Crippen LogP) is 2.94. The normalized spacial score (nSPS) is 24.8. The molecule has 0 N–H and O–H groups in total. The Morgan fingerprint density at radius 1 is 1.64 bits per heavy atom. The molecule has 0 bridgehead atoms. The van der Waals surface area contributed by atoms with Gasteiger partial charge in [0.15, 0.2) is 0 Å². The third-order valence-corrected chi connectivity index (χ3v) is 3.56. The molecule has 1 aromatic heterocycles. The van der Waals surface area contributed by atoms with Gasteiger partial charge in [-0.25, -0.2) is 0 Å². The van der Waals surface area contributed by atoms with Crippen molar-refractivity contribution in [3.63, 3.8) is 0 Å². The maximum atomic E-state index is 4.06. The van der Waals surface area contributed by atoms with E-state index in [1.807, 2.05) is 12.4 Å². The first-order chi connectivity index (χ1) is 6.68. The lowest BCUT2D eigenvalue weighted by atomic mass is 10.3. The fourth-order valence-electron chi connectivity index (χ4n) is 1.78. The van der Waals surface area contributed by atoms with Gasteiger partial charge in [-0.3, -0.25) is 4.98 Å². The van der Waals surface area contributed by atoms with Crippen LogP contribution in [0.15, 0.2) is 22.9 Å². The van der Waals surface area contributed by atoms with E-state index in [0.29, 0.717) is 0 Å². The summed E-state index contributed by atoms with van der Waals surface area (Å²) in [4.78, 5) is 6.37. The SMILES string of the molecule is CC1CC1CN(C)c1ccncc1Br. The zero-order valence-electron chi connectivity index (χ0n) is 8.57. The van der Waals surface area contributed by atoms with Gasteiger partial charge in [-0.1, -0.05) is 6.92 Å². The molecule has 2 atom stereocenters. The summed E-state index contributed by atoms with van der Waals surface area (Å²) in [5, 5.41) is 0. The quantitative estimate of drug-likeness (QED) is 0.825. The summed E-state index contributed by atoms with van der Waals surface area (Å²) in [6.45, 7) is 3.48. The summed E-state index contributed by atoms with van der Waals surface area (Å²) in [5.74, 6) is 1.80. The van der Waals surface area contributed by atoms with Crippen LogP contribution >= 0.6 is 15.9 Å². The number of pyridine rings is 1. The van der Waals surface area contributed by atoms with Crippen molar-refractivity contribution in [2.24, 2.45) is 11.8 Å². The lowest BCUT2D eigenvalue weighted by Crippen LogP contribution is -2.20. The summed E-state index contributed by atoms with van der Waals surface area (Å²) >= 11 is 3.52. The number of hydrogen-bond donors (Lipinski definition) is 0. The third kappa shape index (κ3) is 2.08. The van der Waals surface area contributed by atoms with Crippen molar-refractivity contribution < 1.29 is 0 Å². The van der Waals surface area contributed by atoms with Crippen LogP contribution in [0.25, 0.3) is 0 Å². The Labute approximate surface area is 93.5 Å². The minimum absolute atomic E-state index is 0.889. The van der Waals surface area contributed by atoms with E-state index in [1.54, 1.807) is 0 Å². The van der Waals surface area contributed by atoms with Gasteiger partial charge in [0.25, 0.3) is 0 Å². The molecule has 1 aliphatic rings. The van der Waals surface area contributed by atoms with Crippen LogP contribution in [-0.4, -0.2) is 18.6 Å². The zero-order valence-corrected chi connectivity index (χ0v) is 10.2. The maximum Gasteiger partial charge on any atom is 0.0592 e. The summed E-state index contributed by atoms with van der Waals surface area (Å²) in [6, 6.07) is 2.05. The first-order valence-corrected chi connectivity index (χ1v) is 5.78. The molecule has 14 heavy (non-hydrogen) atoms. The Hall–Kier alpha value is -0.570. The summed E-state index contributed by atoms with van der Waals surface area (Å²) < 4.78 is 1.08. The topological polar surface area (TPSA) is 16.1 Å². The number of halogens is 1. The van der Waals surface area contributed by atoms with Crippen LogP contribution in [-0.2, 0) is 0 Å². The lowest BCUT2D eigenvalue weighted by Gasteiger charge is -2.20. The molecule has 3 heteroatoms. The maximum absolute atomic E-state index is 4.06. The van der Waals surface area contributed by atoms with Crippen LogP contribution in [0.3, 0.4) is 0 Å². The summed E-state index contributed by atoms with van der Waals surface area (Å²) in [6.07, 6.45) is 5.07. The Kier molecular flexibility index (Phi) is 2.77. The van der Waals surface area contributed by atoms with E-state index in [9.17, 15) is 0 Å². The fraction of sp³-hybridized carbons (Fsp3) is 0.545. The Bertz CT molecular complexity index is 327. The minimum atomic E-state index is 0.889. The molecule has 1 fully saturated rings. The Morgan fingerprint density at radius 2 is 2.36 bits per heavy atom. The van der Waals surface area contributed by atoms with Gasteiger partial charge in [-0.05, 0) is 40.3 Å². The van der Waals surface area contributed by atoms with Crippen molar-refractivity contribution in [1.82, 2.24) is 4.98 Å². The average Bonchev–Trinajstić information content (AvgIpc) is 2.82. The number of rotatable bonds is 3. The van der Waals surface area contributed by atoms with Gasteiger partial charge in [-0.2, -0.15) is 0 Å². The fourth-order valence-corrected chi connectivity index (χ4v) is 2.33. The highest BCUT2D eigenvalue weighted by Crippen LogP contribution is 2.39. The molecule has 1 heterocycles. The standard InChI is InChI=1S/C11H15BrN2/c1-8-5-9(8)7-14(2)11-3-4-13-6-10(11)12/h3-4,6,8-9H,5,7H2,1-2H3. The van der Waals surface area contributed by atoms with E-state index >= 15 is 0 Å². The lowest BCUT2D eigenvalue weighted by molar-refractivity contribution is 0.724. The van der Waals surface area contributed by atoms with Crippen molar-refractivity contribution in [3.05, 3.63) is 22.9 Å². The monoisotopic (exact) mass is 254 g/mol. The Morgan fingerprint density at radius 3 is 2.93 bits per heavy atom.